The summed E-state index contributed by atoms with van der Waals surface area (Å²) in [4.78, 5) is 2.20. The molecule has 0 atom stereocenters. The van der Waals surface area contributed by atoms with Gasteiger partial charge in [-0.05, 0) is 61.1 Å². The molecule has 0 fully saturated rings. The summed E-state index contributed by atoms with van der Waals surface area (Å²) in [6.07, 6.45) is 3.72. The minimum Gasteiger partial charge on any atom is -0.397 e. The zero-order valence-corrected chi connectivity index (χ0v) is 11.6. The molecule has 0 aliphatic heterocycles. The van der Waals surface area contributed by atoms with Crippen molar-refractivity contribution in [3.05, 3.63) is 53.1 Å². The third-order valence-corrected chi connectivity index (χ3v) is 4.07. The number of fused-ring (bicyclic) bond motifs is 1. The van der Waals surface area contributed by atoms with E-state index in [-0.39, 0.29) is 0 Å². The molecule has 2 nitrogen and oxygen atoms in total. The van der Waals surface area contributed by atoms with E-state index in [9.17, 15) is 0 Å². The molecule has 0 aromatic heterocycles. The Bertz CT molecular complexity index is 596. The van der Waals surface area contributed by atoms with Crippen molar-refractivity contribution in [1.29, 1.82) is 0 Å². The summed E-state index contributed by atoms with van der Waals surface area (Å²) in [5, 5.41) is 0. The Kier molecular flexibility index (Phi) is 2.94. The van der Waals surface area contributed by atoms with E-state index in [0.717, 1.165) is 11.4 Å². The Morgan fingerprint density at radius 2 is 1.84 bits per heavy atom. The van der Waals surface area contributed by atoms with E-state index < -0.39 is 0 Å². The molecule has 0 saturated heterocycles. The molecular weight excluding hydrogens is 232 g/mol. The lowest BCUT2D eigenvalue weighted by Crippen LogP contribution is -2.13. The number of nitrogens with two attached hydrogens (primary N) is 1. The molecule has 2 N–H and O–H groups in total. The van der Waals surface area contributed by atoms with Crippen LogP contribution >= 0.6 is 0 Å². The number of aryl methyl sites for hydroxylation is 3. The predicted molar refractivity (Wildman–Crippen MR) is 82.1 cm³/mol. The van der Waals surface area contributed by atoms with E-state index in [1.54, 1.807) is 0 Å². The maximum Gasteiger partial charge on any atom is 0.0671 e. The molecule has 0 spiro atoms. The predicted octanol–water partition coefficient (Wildman–Crippen LogP) is 3.83. The lowest BCUT2D eigenvalue weighted by atomic mass is 10.1. The lowest BCUT2D eigenvalue weighted by Gasteiger charge is -2.24. The van der Waals surface area contributed by atoms with Gasteiger partial charge in [-0.15, -0.1) is 0 Å². The van der Waals surface area contributed by atoms with Gasteiger partial charge in [0.15, 0.2) is 0 Å². The van der Waals surface area contributed by atoms with Gasteiger partial charge in [0.2, 0.25) is 0 Å². The molecule has 0 heterocycles. The van der Waals surface area contributed by atoms with Crippen LogP contribution in [-0.2, 0) is 12.8 Å². The fraction of sp³-hybridized carbons (Fsp3) is 0.294. The second-order valence-electron chi connectivity index (χ2n) is 5.38. The van der Waals surface area contributed by atoms with Crippen LogP contribution in [0.2, 0.25) is 0 Å². The number of rotatable bonds is 2. The first-order chi connectivity index (χ1) is 9.16. The van der Waals surface area contributed by atoms with E-state index in [2.05, 4.69) is 43.1 Å². The van der Waals surface area contributed by atoms with Crippen molar-refractivity contribution in [3.8, 4) is 0 Å². The molecule has 0 saturated carbocycles. The van der Waals surface area contributed by atoms with E-state index in [1.807, 2.05) is 12.1 Å². The third-order valence-electron chi connectivity index (χ3n) is 4.07. The van der Waals surface area contributed by atoms with Crippen molar-refractivity contribution in [1.82, 2.24) is 0 Å². The fourth-order valence-electron chi connectivity index (χ4n) is 3.04. The van der Waals surface area contributed by atoms with E-state index in [4.69, 9.17) is 5.73 Å². The highest BCUT2D eigenvalue weighted by Crippen LogP contribution is 2.34. The zero-order chi connectivity index (χ0) is 13.4. The van der Waals surface area contributed by atoms with Gasteiger partial charge in [-0.1, -0.05) is 18.2 Å². The molecule has 2 aromatic rings. The molecule has 3 rings (SSSR count). The molecule has 0 bridgehead atoms. The molecule has 1 aliphatic carbocycles. The Hall–Kier alpha value is -1.96. The first-order valence-corrected chi connectivity index (χ1v) is 6.87. The average Bonchev–Trinajstić information content (AvgIpc) is 2.85. The van der Waals surface area contributed by atoms with Gasteiger partial charge in [0, 0.05) is 12.7 Å². The number of nitrogen functional groups attached to an aromatic ring is 1. The van der Waals surface area contributed by atoms with Crippen molar-refractivity contribution in [2.45, 2.75) is 26.2 Å². The van der Waals surface area contributed by atoms with Crippen molar-refractivity contribution >= 4 is 17.1 Å². The van der Waals surface area contributed by atoms with Gasteiger partial charge < -0.3 is 10.6 Å². The van der Waals surface area contributed by atoms with Gasteiger partial charge >= 0.3 is 0 Å². The van der Waals surface area contributed by atoms with Gasteiger partial charge in [0.25, 0.3) is 0 Å². The van der Waals surface area contributed by atoms with E-state index >= 15 is 0 Å². The van der Waals surface area contributed by atoms with E-state index in [1.165, 1.54) is 41.6 Å². The van der Waals surface area contributed by atoms with Crippen molar-refractivity contribution < 1.29 is 0 Å². The van der Waals surface area contributed by atoms with E-state index in [0.29, 0.717) is 0 Å². The van der Waals surface area contributed by atoms with Gasteiger partial charge in [-0.3, -0.25) is 0 Å². The first-order valence-electron chi connectivity index (χ1n) is 6.87. The quantitative estimate of drug-likeness (QED) is 0.823. The van der Waals surface area contributed by atoms with Crippen LogP contribution in [0.15, 0.2) is 36.4 Å². The first kappa shape index (κ1) is 12.1. The van der Waals surface area contributed by atoms with Crippen LogP contribution in [-0.4, -0.2) is 7.05 Å². The molecule has 1 aliphatic rings. The molecule has 2 aromatic carbocycles. The Labute approximate surface area is 114 Å². The monoisotopic (exact) mass is 252 g/mol. The van der Waals surface area contributed by atoms with Crippen LogP contribution in [0.1, 0.15) is 23.1 Å². The van der Waals surface area contributed by atoms with Crippen LogP contribution in [0.4, 0.5) is 17.1 Å². The molecule has 19 heavy (non-hydrogen) atoms. The number of para-hydroxylation sites is 1. The normalized spacial score (nSPS) is 13.4. The van der Waals surface area contributed by atoms with Gasteiger partial charge in [0.05, 0.1) is 11.4 Å². The maximum atomic E-state index is 6.13. The summed E-state index contributed by atoms with van der Waals surface area (Å²) >= 11 is 0. The fourth-order valence-corrected chi connectivity index (χ4v) is 3.04. The Morgan fingerprint density at radius 1 is 1.05 bits per heavy atom. The smallest absolute Gasteiger partial charge is 0.0671 e. The summed E-state index contributed by atoms with van der Waals surface area (Å²) in [6, 6.07) is 12.9. The Balaban J connectivity index is 2.02. The highest BCUT2D eigenvalue weighted by atomic mass is 15.1. The van der Waals surface area contributed by atoms with Crippen LogP contribution in [0.3, 0.4) is 0 Å². The molecule has 0 amide bonds. The standard InChI is InChI=1S/C17H20N2/c1-12-5-3-8-16(18)17(12)19(2)15-10-9-13-6-4-7-14(13)11-15/h3,5,8-11H,4,6-7,18H2,1-2H3. The SMILES string of the molecule is Cc1cccc(N)c1N(C)c1ccc2c(c1)CCC2. The lowest BCUT2D eigenvalue weighted by molar-refractivity contribution is 0.911. The van der Waals surface area contributed by atoms with Crippen LogP contribution in [0.5, 0.6) is 0 Å². The average molecular weight is 252 g/mol. The molecular formula is C17H20N2. The highest BCUT2D eigenvalue weighted by Gasteiger charge is 2.15. The highest BCUT2D eigenvalue weighted by molar-refractivity contribution is 5.77. The van der Waals surface area contributed by atoms with Crippen molar-refractivity contribution in [3.63, 3.8) is 0 Å². The second kappa shape index (κ2) is 4.61. The minimum atomic E-state index is 0.836. The van der Waals surface area contributed by atoms with Crippen molar-refractivity contribution in [2.24, 2.45) is 0 Å². The number of benzene rings is 2. The van der Waals surface area contributed by atoms with Crippen LogP contribution in [0, 0.1) is 6.92 Å². The largest absolute Gasteiger partial charge is 0.397 e. The number of hydrogen-bond donors (Lipinski definition) is 1. The van der Waals surface area contributed by atoms with Gasteiger partial charge in [0.1, 0.15) is 0 Å². The second-order valence-corrected chi connectivity index (χ2v) is 5.38. The number of nitrogens with zero attached hydrogens (tertiary/aromatic N) is 1. The van der Waals surface area contributed by atoms with Crippen LogP contribution < -0.4 is 10.6 Å². The van der Waals surface area contributed by atoms with Gasteiger partial charge in [-0.2, -0.15) is 0 Å². The zero-order valence-electron chi connectivity index (χ0n) is 11.6. The third kappa shape index (κ3) is 2.07. The summed E-state index contributed by atoms with van der Waals surface area (Å²) < 4.78 is 0. The topological polar surface area (TPSA) is 29.3 Å². The minimum absolute atomic E-state index is 0.836. The van der Waals surface area contributed by atoms with Crippen molar-refractivity contribution in [2.75, 3.05) is 17.7 Å². The molecule has 0 unspecified atom stereocenters. The molecule has 98 valence electrons. The summed E-state index contributed by atoms with van der Waals surface area (Å²) in [7, 11) is 2.09. The summed E-state index contributed by atoms with van der Waals surface area (Å²) in [5.41, 5.74) is 13.5. The van der Waals surface area contributed by atoms with Gasteiger partial charge in [-0.25, -0.2) is 0 Å². The molecule has 0 radical (unpaired) electrons. The van der Waals surface area contributed by atoms with Crippen LogP contribution in [0.25, 0.3) is 0 Å². The molecule has 2 heteroatoms. The maximum absolute atomic E-state index is 6.13. The number of hydrogen-bond acceptors (Lipinski definition) is 2. The Morgan fingerprint density at radius 3 is 2.63 bits per heavy atom. The summed E-state index contributed by atoms with van der Waals surface area (Å²) in [5.74, 6) is 0. The summed E-state index contributed by atoms with van der Waals surface area (Å²) in [6.45, 7) is 2.11. The number of anilines is 3.